The number of nitriles is 1. The normalized spacial score (nSPS) is 18.0. The zero-order valence-electron chi connectivity index (χ0n) is 12.8. The van der Waals surface area contributed by atoms with Gasteiger partial charge in [0.1, 0.15) is 12.2 Å². The van der Waals surface area contributed by atoms with Crippen LogP contribution in [0.4, 0.5) is 0 Å². The molecule has 124 valence electrons. The van der Waals surface area contributed by atoms with E-state index in [1.807, 2.05) is 6.07 Å². The molecule has 0 aliphatic carbocycles. The number of likely N-dealkylation sites (N-methyl/N-ethyl adjacent to an activating group) is 1. The Morgan fingerprint density at radius 1 is 1.52 bits per heavy atom. The summed E-state index contributed by atoms with van der Waals surface area (Å²) < 4.78 is 29.3. The molecule has 1 aliphatic heterocycles. The first-order chi connectivity index (χ1) is 10.8. The standard InChI is InChI=1S/C13H17N5O4S/c1-17(23(2,20)21)9-12(19)18-6-3-10(8-18)22-13-11(7-14)15-4-5-16-13/h4-5,10H,3,6,8-9H2,1-2H3. The maximum absolute atomic E-state index is 12.1. The zero-order chi connectivity index (χ0) is 17.0. The van der Waals surface area contributed by atoms with Gasteiger partial charge in [-0.05, 0) is 0 Å². The van der Waals surface area contributed by atoms with Gasteiger partial charge >= 0.3 is 0 Å². The summed E-state index contributed by atoms with van der Waals surface area (Å²) in [4.78, 5) is 21.5. The smallest absolute Gasteiger partial charge is 0.251 e. The summed E-state index contributed by atoms with van der Waals surface area (Å²) in [6.07, 6.45) is 4.15. The van der Waals surface area contributed by atoms with E-state index < -0.39 is 10.0 Å². The molecule has 1 unspecified atom stereocenters. The SMILES string of the molecule is CN(CC(=O)N1CCC(Oc2nccnc2C#N)C1)S(C)(=O)=O. The second-order valence-electron chi connectivity index (χ2n) is 5.21. The van der Waals surface area contributed by atoms with Crippen molar-refractivity contribution in [2.45, 2.75) is 12.5 Å². The largest absolute Gasteiger partial charge is 0.470 e. The minimum Gasteiger partial charge on any atom is -0.470 e. The maximum Gasteiger partial charge on any atom is 0.251 e. The fourth-order valence-corrected chi connectivity index (χ4v) is 2.45. The van der Waals surface area contributed by atoms with Crippen molar-refractivity contribution in [1.29, 1.82) is 5.26 Å². The lowest BCUT2D eigenvalue weighted by Gasteiger charge is -2.20. The number of ether oxygens (including phenoxy) is 1. The lowest BCUT2D eigenvalue weighted by atomic mass is 10.3. The highest BCUT2D eigenvalue weighted by Gasteiger charge is 2.30. The Morgan fingerprint density at radius 3 is 2.87 bits per heavy atom. The summed E-state index contributed by atoms with van der Waals surface area (Å²) >= 11 is 0. The third-order valence-electron chi connectivity index (χ3n) is 3.47. The molecule has 1 atom stereocenters. The molecule has 0 aromatic carbocycles. The van der Waals surface area contributed by atoms with Crippen LogP contribution in [-0.4, -0.2) is 72.5 Å². The van der Waals surface area contributed by atoms with E-state index in [2.05, 4.69) is 9.97 Å². The van der Waals surface area contributed by atoms with E-state index in [0.29, 0.717) is 19.5 Å². The molecule has 10 heteroatoms. The number of rotatable bonds is 5. The van der Waals surface area contributed by atoms with Crippen LogP contribution in [0.1, 0.15) is 12.1 Å². The average molecular weight is 339 g/mol. The average Bonchev–Trinajstić information content (AvgIpc) is 2.95. The van der Waals surface area contributed by atoms with Crippen LogP contribution >= 0.6 is 0 Å². The molecule has 1 fully saturated rings. The van der Waals surface area contributed by atoms with Crippen molar-refractivity contribution in [1.82, 2.24) is 19.2 Å². The van der Waals surface area contributed by atoms with Crippen molar-refractivity contribution in [3.05, 3.63) is 18.1 Å². The summed E-state index contributed by atoms with van der Waals surface area (Å²) in [5.41, 5.74) is 0.0917. The monoisotopic (exact) mass is 339 g/mol. The highest BCUT2D eigenvalue weighted by molar-refractivity contribution is 7.88. The third kappa shape index (κ3) is 4.37. The van der Waals surface area contributed by atoms with E-state index in [1.165, 1.54) is 24.3 Å². The number of likely N-dealkylation sites (tertiary alicyclic amines) is 1. The highest BCUT2D eigenvalue weighted by atomic mass is 32.2. The van der Waals surface area contributed by atoms with Crippen LogP contribution in [0.25, 0.3) is 0 Å². The Morgan fingerprint density at radius 2 is 2.22 bits per heavy atom. The van der Waals surface area contributed by atoms with Gasteiger partial charge in [-0.15, -0.1) is 0 Å². The Hall–Kier alpha value is -2.25. The molecule has 2 rings (SSSR count). The van der Waals surface area contributed by atoms with Gasteiger partial charge in [0.25, 0.3) is 5.88 Å². The van der Waals surface area contributed by atoms with Gasteiger partial charge in [-0.1, -0.05) is 0 Å². The van der Waals surface area contributed by atoms with Crippen LogP contribution in [0.5, 0.6) is 5.88 Å². The van der Waals surface area contributed by atoms with Crippen LogP contribution in [0.15, 0.2) is 12.4 Å². The van der Waals surface area contributed by atoms with E-state index in [1.54, 1.807) is 0 Å². The fourth-order valence-electron chi connectivity index (χ4n) is 2.10. The molecule has 1 amide bonds. The summed E-state index contributed by atoms with van der Waals surface area (Å²) in [7, 11) is -2.04. The number of hydrogen-bond donors (Lipinski definition) is 0. The quantitative estimate of drug-likeness (QED) is 0.690. The molecule has 1 aromatic rings. The van der Waals surface area contributed by atoms with Gasteiger partial charge in [-0.25, -0.2) is 18.4 Å². The second-order valence-corrected chi connectivity index (χ2v) is 7.30. The molecule has 0 N–H and O–H groups in total. The number of sulfonamides is 1. The lowest BCUT2D eigenvalue weighted by molar-refractivity contribution is -0.130. The lowest BCUT2D eigenvalue weighted by Crippen LogP contribution is -2.40. The molecular weight excluding hydrogens is 322 g/mol. The van der Waals surface area contributed by atoms with Crippen molar-refractivity contribution >= 4 is 15.9 Å². The Bertz CT molecular complexity index is 730. The Kier molecular flexibility index (Phi) is 5.12. The summed E-state index contributed by atoms with van der Waals surface area (Å²) in [5.74, 6) is -0.147. The number of amides is 1. The van der Waals surface area contributed by atoms with E-state index in [-0.39, 0.29) is 30.1 Å². The molecular formula is C13H17N5O4S. The molecule has 0 bridgehead atoms. The molecule has 23 heavy (non-hydrogen) atoms. The minimum absolute atomic E-state index is 0.0917. The number of nitrogens with zero attached hydrogens (tertiary/aromatic N) is 5. The first-order valence-electron chi connectivity index (χ1n) is 6.88. The second kappa shape index (κ2) is 6.89. The van der Waals surface area contributed by atoms with Gasteiger partial charge in [0.05, 0.1) is 19.3 Å². The van der Waals surface area contributed by atoms with Gasteiger partial charge in [-0.3, -0.25) is 4.79 Å². The fraction of sp³-hybridized carbons (Fsp3) is 0.538. The first-order valence-corrected chi connectivity index (χ1v) is 8.73. The molecule has 1 aromatic heterocycles. The molecule has 9 nitrogen and oxygen atoms in total. The number of carbonyl (C=O) groups is 1. The molecule has 1 saturated heterocycles. The van der Waals surface area contributed by atoms with Gasteiger partial charge in [0.15, 0.2) is 0 Å². The van der Waals surface area contributed by atoms with E-state index >= 15 is 0 Å². The third-order valence-corrected chi connectivity index (χ3v) is 4.73. The summed E-state index contributed by atoms with van der Waals surface area (Å²) in [6, 6.07) is 1.89. The van der Waals surface area contributed by atoms with Gasteiger partial charge in [0.2, 0.25) is 21.6 Å². The van der Waals surface area contributed by atoms with Gasteiger partial charge in [0, 0.05) is 32.4 Å². The van der Waals surface area contributed by atoms with Gasteiger partial charge < -0.3 is 9.64 Å². The topological polar surface area (TPSA) is 116 Å². The van der Waals surface area contributed by atoms with Crippen molar-refractivity contribution in [3.8, 4) is 11.9 Å². The predicted molar refractivity (Wildman–Crippen MR) is 79.8 cm³/mol. The molecule has 0 spiro atoms. The number of hydrogen-bond acceptors (Lipinski definition) is 7. The van der Waals surface area contributed by atoms with E-state index in [0.717, 1.165) is 10.6 Å². The van der Waals surface area contributed by atoms with E-state index in [9.17, 15) is 13.2 Å². The number of aromatic nitrogens is 2. The van der Waals surface area contributed by atoms with Crippen LogP contribution in [0.3, 0.4) is 0 Å². The van der Waals surface area contributed by atoms with Crippen molar-refractivity contribution in [2.75, 3.05) is 32.9 Å². The van der Waals surface area contributed by atoms with Crippen LogP contribution < -0.4 is 4.74 Å². The molecule has 1 aliphatic rings. The molecule has 0 saturated carbocycles. The highest BCUT2D eigenvalue weighted by Crippen LogP contribution is 2.18. The van der Waals surface area contributed by atoms with Gasteiger partial charge in [-0.2, -0.15) is 9.57 Å². The van der Waals surface area contributed by atoms with Crippen LogP contribution in [-0.2, 0) is 14.8 Å². The minimum atomic E-state index is -3.40. The van der Waals surface area contributed by atoms with Crippen molar-refractivity contribution < 1.29 is 17.9 Å². The molecule has 2 heterocycles. The van der Waals surface area contributed by atoms with Crippen LogP contribution in [0, 0.1) is 11.3 Å². The Labute approximate surface area is 134 Å². The van der Waals surface area contributed by atoms with E-state index in [4.69, 9.17) is 10.00 Å². The summed E-state index contributed by atoms with van der Waals surface area (Å²) in [6.45, 7) is 0.571. The van der Waals surface area contributed by atoms with Crippen LogP contribution in [0.2, 0.25) is 0 Å². The summed E-state index contributed by atoms with van der Waals surface area (Å²) in [5, 5.41) is 8.95. The van der Waals surface area contributed by atoms with Crippen molar-refractivity contribution in [2.24, 2.45) is 0 Å². The van der Waals surface area contributed by atoms with Crippen molar-refractivity contribution in [3.63, 3.8) is 0 Å². The number of carbonyl (C=O) groups excluding carboxylic acids is 1. The first kappa shape index (κ1) is 17.1. The Balaban J connectivity index is 1.94. The molecule has 0 radical (unpaired) electrons. The zero-order valence-corrected chi connectivity index (χ0v) is 13.7. The maximum atomic E-state index is 12.1. The predicted octanol–water partition coefficient (Wildman–Crippen LogP) is -0.781.